The number of benzene rings is 8. The molecule has 0 bridgehead atoms. The van der Waals surface area contributed by atoms with Gasteiger partial charge >= 0.3 is 0 Å². The van der Waals surface area contributed by atoms with Crippen molar-refractivity contribution in [2.75, 3.05) is 0 Å². The molecule has 6 heteroatoms. The number of fused-ring (bicyclic) bond motifs is 7. The molecule has 0 unspecified atom stereocenters. The fourth-order valence-corrected chi connectivity index (χ4v) is 7.74. The molecule has 8 aromatic carbocycles. The number of hydrogen-bond acceptors (Lipinski definition) is 6. The molecule has 0 atom stereocenters. The van der Waals surface area contributed by atoms with Crippen molar-refractivity contribution in [2.45, 2.75) is 0 Å². The Kier molecular flexibility index (Phi) is 7.07. The number of furan rings is 1. The van der Waals surface area contributed by atoms with Crippen LogP contribution in [0.5, 0.6) is 0 Å². The number of nitrogens with zero attached hydrogens (tertiary/aromatic N) is 5. The standard InChI is InChI=1S/C49H29N5O/c1-3-13-30(14-4-1)41-27-35(25-32-17-7-10-20-37(32)41)47-52-46(31-15-5-2-6-16-31)53-48(54-47)43-29-50-49-45(51-43)40-24-23-34(28-44(40)55-49)42-26-33-18-8-9-19-36(33)38-21-11-12-22-39(38)42/h1-29H. The molecule has 0 saturated carbocycles. The van der Waals surface area contributed by atoms with Crippen molar-refractivity contribution in [3.63, 3.8) is 0 Å². The molecule has 0 aliphatic carbocycles. The second-order valence-electron chi connectivity index (χ2n) is 13.7. The summed E-state index contributed by atoms with van der Waals surface area (Å²) in [4.78, 5) is 24.9. The molecule has 0 amide bonds. The SMILES string of the molecule is c1ccc(-c2nc(-c3cc(-c4ccccc4)c4ccccc4c3)nc(-c3cnc4oc5cc(-c6cc7ccccc7c7ccccc67)ccc5c4n3)n2)cc1. The summed E-state index contributed by atoms with van der Waals surface area (Å²) in [5, 5.41) is 7.98. The van der Waals surface area contributed by atoms with Crippen LogP contribution in [0.15, 0.2) is 180 Å². The first kappa shape index (κ1) is 31.0. The van der Waals surface area contributed by atoms with Crippen LogP contribution in [0.3, 0.4) is 0 Å². The molecule has 11 rings (SSSR count). The van der Waals surface area contributed by atoms with E-state index in [4.69, 9.17) is 29.3 Å². The minimum absolute atomic E-state index is 0.432. The molecule has 256 valence electrons. The quantitative estimate of drug-likeness (QED) is 0.166. The van der Waals surface area contributed by atoms with Gasteiger partial charge in [-0.2, -0.15) is 0 Å². The van der Waals surface area contributed by atoms with Crippen molar-refractivity contribution in [1.82, 2.24) is 24.9 Å². The van der Waals surface area contributed by atoms with Crippen LogP contribution in [0.2, 0.25) is 0 Å². The van der Waals surface area contributed by atoms with Gasteiger partial charge in [0.25, 0.3) is 0 Å². The van der Waals surface area contributed by atoms with E-state index >= 15 is 0 Å². The average Bonchev–Trinajstić information content (AvgIpc) is 3.63. The minimum atomic E-state index is 0.432. The van der Waals surface area contributed by atoms with Crippen LogP contribution in [-0.4, -0.2) is 24.9 Å². The molecule has 0 N–H and O–H groups in total. The summed E-state index contributed by atoms with van der Waals surface area (Å²) in [5.41, 5.74) is 8.57. The van der Waals surface area contributed by atoms with Gasteiger partial charge in [-0.1, -0.05) is 140 Å². The number of rotatable bonds is 5. The van der Waals surface area contributed by atoms with Gasteiger partial charge in [0.2, 0.25) is 5.71 Å². The normalized spacial score (nSPS) is 11.6. The summed E-state index contributed by atoms with van der Waals surface area (Å²) in [6.07, 6.45) is 1.69. The van der Waals surface area contributed by atoms with E-state index in [0.717, 1.165) is 49.5 Å². The third-order valence-electron chi connectivity index (χ3n) is 10.4. The molecular weight excluding hydrogens is 675 g/mol. The van der Waals surface area contributed by atoms with Crippen molar-refractivity contribution in [3.8, 4) is 56.5 Å². The summed E-state index contributed by atoms with van der Waals surface area (Å²) < 4.78 is 6.36. The third-order valence-corrected chi connectivity index (χ3v) is 10.4. The van der Waals surface area contributed by atoms with Crippen molar-refractivity contribution in [2.24, 2.45) is 0 Å². The Morgan fingerprint density at radius 1 is 0.364 bits per heavy atom. The molecule has 3 heterocycles. The van der Waals surface area contributed by atoms with Crippen LogP contribution in [0.1, 0.15) is 0 Å². The topological polar surface area (TPSA) is 77.6 Å². The van der Waals surface area contributed by atoms with Crippen LogP contribution in [0, 0.1) is 0 Å². The van der Waals surface area contributed by atoms with E-state index < -0.39 is 0 Å². The van der Waals surface area contributed by atoms with E-state index in [0.29, 0.717) is 40.0 Å². The Labute approximate surface area is 315 Å². The molecule has 0 aliphatic heterocycles. The second-order valence-corrected chi connectivity index (χ2v) is 13.7. The molecule has 55 heavy (non-hydrogen) atoms. The lowest BCUT2D eigenvalue weighted by atomic mass is 9.93. The maximum Gasteiger partial charge on any atom is 0.246 e. The molecule has 3 aromatic heterocycles. The minimum Gasteiger partial charge on any atom is -0.436 e. The van der Waals surface area contributed by atoms with Crippen molar-refractivity contribution >= 4 is 54.5 Å². The lowest BCUT2D eigenvalue weighted by molar-refractivity contribution is 0.653. The lowest BCUT2D eigenvalue weighted by Crippen LogP contribution is -2.02. The van der Waals surface area contributed by atoms with Crippen LogP contribution in [0.4, 0.5) is 0 Å². The Bertz CT molecular complexity index is 3270. The average molecular weight is 704 g/mol. The summed E-state index contributed by atoms with van der Waals surface area (Å²) in [7, 11) is 0. The van der Waals surface area contributed by atoms with Gasteiger partial charge in [0.15, 0.2) is 17.5 Å². The highest BCUT2D eigenvalue weighted by Gasteiger charge is 2.19. The van der Waals surface area contributed by atoms with Crippen LogP contribution >= 0.6 is 0 Å². The van der Waals surface area contributed by atoms with Crippen LogP contribution < -0.4 is 0 Å². The molecule has 11 aromatic rings. The predicted octanol–water partition coefficient (Wildman–Crippen LogP) is 12.4. The lowest BCUT2D eigenvalue weighted by Gasteiger charge is -2.12. The number of aromatic nitrogens is 5. The summed E-state index contributed by atoms with van der Waals surface area (Å²) in [6.45, 7) is 0. The van der Waals surface area contributed by atoms with Gasteiger partial charge in [0.1, 0.15) is 16.8 Å². The van der Waals surface area contributed by atoms with Crippen LogP contribution in [0.25, 0.3) is 111 Å². The first-order chi connectivity index (χ1) is 27.2. The van der Waals surface area contributed by atoms with Gasteiger partial charge < -0.3 is 4.42 Å². The predicted molar refractivity (Wildman–Crippen MR) is 222 cm³/mol. The maximum atomic E-state index is 6.36. The largest absolute Gasteiger partial charge is 0.436 e. The first-order valence-corrected chi connectivity index (χ1v) is 18.2. The van der Waals surface area contributed by atoms with E-state index in [9.17, 15) is 0 Å². The zero-order valence-electron chi connectivity index (χ0n) is 29.4. The van der Waals surface area contributed by atoms with E-state index in [1.807, 2.05) is 36.4 Å². The van der Waals surface area contributed by atoms with Crippen molar-refractivity contribution < 1.29 is 4.42 Å². The fourth-order valence-electron chi connectivity index (χ4n) is 7.74. The summed E-state index contributed by atoms with van der Waals surface area (Å²) in [5.74, 6) is 1.54. The Morgan fingerprint density at radius 3 is 1.75 bits per heavy atom. The highest BCUT2D eigenvalue weighted by Crippen LogP contribution is 2.38. The second kappa shape index (κ2) is 12.5. The van der Waals surface area contributed by atoms with E-state index in [1.165, 1.54) is 21.5 Å². The van der Waals surface area contributed by atoms with Gasteiger partial charge in [-0.3, -0.25) is 0 Å². The molecule has 0 spiro atoms. The maximum absolute atomic E-state index is 6.36. The highest BCUT2D eigenvalue weighted by molar-refractivity contribution is 6.14. The summed E-state index contributed by atoms with van der Waals surface area (Å²) in [6, 6.07) is 58.8. The van der Waals surface area contributed by atoms with Gasteiger partial charge in [0.05, 0.1) is 6.20 Å². The summed E-state index contributed by atoms with van der Waals surface area (Å²) >= 11 is 0. The smallest absolute Gasteiger partial charge is 0.246 e. The zero-order valence-corrected chi connectivity index (χ0v) is 29.4. The fraction of sp³-hybridized carbons (Fsp3) is 0. The molecule has 6 nitrogen and oxygen atoms in total. The van der Waals surface area contributed by atoms with Crippen LogP contribution in [-0.2, 0) is 0 Å². The van der Waals surface area contributed by atoms with Gasteiger partial charge in [0, 0.05) is 16.5 Å². The first-order valence-electron chi connectivity index (χ1n) is 18.2. The van der Waals surface area contributed by atoms with E-state index in [1.54, 1.807) is 6.20 Å². The number of hydrogen-bond donors (Lipinski definition) is 0. The van der Waals surface area contributed by atoms with Gasteiger partial charge in [-0.05, 0) is 84.9 Å². The van der Waals surface area contributed by atoms with E-state index in [2.05, 4.69) is 133 Å². The zero-order chi connectivity index (χ0) is 36.3. The Morgan fingerprint density at radius 2 is 0.964 bits per heavy atom. The van der Waals surface area contributed by atoms with Crippen molar-refractivity contribution in [3.05, 3.63) is 176 Å². The molecule has 0 saturated heterocycles. The third kappa shape index (κ3) is 5.31. The van der Waals surface area contributed by atoms with Crippen molar-refractivity contribution in [1.29, 1.82) is 0 Å². The molecule has 0 radical (unpaired) electrons. The highest BCUT2D eigenvalue weighted by atomic mass is 16.3. The molecule has 0 aliphatic rings. The molecule has 0 fully saturated rings. The van der Waals surface area contributed by atoms with Gasteiger partial charge in [-0.15, -0.1) is 0 Å². The van der Waals surface area contributed by atoms with Gasteiger partial charge in [-0.25, -0.2) is 24.9 Å². The van der Waals surface area contributed by atoms with E-state index in [-0.39, 0.29) is 0 Å². The Balaban J connectivity index is 1.06. The Hall–Kier alpha value is -7.57. The molecular formula is C49H29N5O. The monoisotopic (exact) mass is 703 g/mol.